The SMILES string of the molecule is Cc1c(N)ncnc1N1CCCC(CCO)C1. The molecule has 1 aromatic rings. The largest absolute Gasteiger partial charge is 0.396 e. The first-order valence-electron chi connectivity index (χ1n) is 6.15. The third-order valence-electron chi connectivity index (χ3n) is 3.45. The number of nitrogen functional groups attached to an aromatic ring is 1. The van der Waals surface area contributed by atoms with E-state index in [4.69, 9.17) is 10.8 Å². The molecule has 1 saturated heterocycles. The molecule has 0 aliphatic carbocycles. The highest BCUT2D eigenvalue weighted by atomic mass is 16.3. The fourth-order valence-electron chi connectivity index (χ4n) is 2.45. The second-order valence-corrected chi connectivity index (χ2v) is 4.67. The maximum Gasteiger partial charge on any atom is 0.137 e. The van der Waals surface area contributed by atoms with Crippen molar-refractivity contribution in [3.8, 4) is 0 Å². The van der Waals surface area contributed by atoms with E-state index in [1.165, 1.54) is 12.7 Å². The van der Waals surface area contributed by atoms with Crippen molar-refractivity contribution in [3.63, 3.8) is 0 Å². The maximum atomic E-state index is 9.01. The molecular formula is C12H20N4O. The summed E-state index contributed by atoms with van der Waals surface area (Å²) < 4.78 is 0. The Hall–Kier alpha value is -1.36. The Kier molecular flexibility index (Phi) is 3.78. The van der Waals surface area contributed by atoms with Crippen LogP contribution in [0.25, 0.3) is 0 Å². The van der Waals surface area contributed by atoms with Gasteiger partial charge in [-0.3, -0.25) is 0 Å². The summed E-state index contributed by atoms with van der Waals surface area (Å²) in [6.45, 7) is 4.20. The number of hydrogen-bond acceptors (Lipinski definition) is 5. The van der Waals surface area contributed by atoms with Crippen LogP contribution in [-0.2, 0) is 0 Å². The Morgan fingerprint density at radius 1 is 1.53 bits per heavy atom. The number of rotatable bonds is 3. The highest BCUT2D eigenvalue weighted by Gasteiger charge is 2.22. The van der Waals surface area contributed by atoms with Crippen molar-refractivity contribution >= 4 is 11.6 Å². The zero-order valence-corrected chi connectivity index (χ0v) is 10.3. The van der Waals surface area contributed by atoms with E-state index < -0.39 is 0 Å². The van der Waals surface area contributed by atoms with Gasteiger partial charge in [0.15, 0.2) is 0 Å². The molecule has 1 atom stereocenters. The number of aliphatic hydroxyl groups excluding tert-OH is 1. The first-order chi connectivity index (χ1) is 8.22. The first kappa shape index (κ1) is 12.1. The monoisotopic (exact) mass is 236 g/mol. The van der Waals surface area contributed by atoms with E-state index in [1.54, 1.807) is 0 Å². The van der Waals surface area contributed by atoms with Crippen molar-refractivity contribution in [3.05, 3.63) is 11.9 Å². The van der Waals surface area contributed by atoms with Gasteiger partial charge in [0.2, 0.25) is 0 Å². The van der Waals surface area contributed by atoms with Crippen molar-refractivity contribution in [2.45, 2.75) is 26.2 Å². The van der Waals surface area contributed by atoms with E-state index in [1.807, 2.05) is 6.92 Å². The third kappa shape index (κ3) is 2.66. The molecule has 0 spiro atoms. The standard InChI is InChI=1S/C12H20N4O/c1-9-11(13)14-8-15-12(9)16-5-2-3-10(7-16)4-6-17/h8,10,17H,2-7H2,1H3,(H2,13,14,15). The molecule has 0 aromatic carbocycles. The lowest BCUT2D eigenvalue weighted by Gasteiger charge is -2.34. The summed E-state index contributed by atoms with van der Waals surface area (Å²) in [7, 11) is 0. The number of piperidine rings is 1. The van der Waals surface area contributed by atoms with E-state index in [0.29, 0.717) is 11.7 Å². The zero-order valence-electron chi connectivity index (χ0n) is 10.3. The number of hydrogen-bond donors (Lipinski definition) is 2. The van der Waals surface area contributed by atoms with Crippen LogP contribution in [0.3, 0.4) is 0 Å². The van der Waals surface area contributed by atoms with Crippen LogP contribution in [0.5, 0.6) is 0 Å². The fourth-order valence-corrected chi connectivity index (χ4v) is 2.45. The van der Waals surface area contributed by atoms with Crippen LogP contribution in [0.4, 0.5) is 11.6 Å². The maximum absolute atomic E-state index is 9.01. The van der Waals surface area contributed by atoms with Crippen molar-refractivity contribution in [1.29, 1.82) is 0 Å². The Balaban J connectivity index is 2.13. The van der Waals surface area contributed by atoms with Gasteiger partial charge in [0, 0.05) is 25.3 Å². The highest BCUT2D eigenvalue weighted by molar-refractivity contribution is 5.55. The molecule has 17 heavy (non-hydrogen) atoms. The predicted molar refractivity (Wildman–Crippen MR) is 67.8 cm³/mol. The fraction of sp³-hybridized carbons (Fsp3) is 0.667. The normalized spacial score (nSPS) is 20.6. The van der Waals surface area contributed by atoms with Gasteiger partial charge in [-0.15, -0.1) is 0 Å². The molecule has 0 saturated carbocycles. The quantitative estimate of drug-likeness (QED) is 0.817. The molecule has 5 nitrogen and oxygen atoms in total. The van der Waals surface area contributed by atoms with Gasteiger partial charge in [0.1, 0.15) is 18.0 Å². The van der Waals surface area contributed by atoms with Crippen molar-refractivity contribution in [2.24, 2.45) is 5.92 Å². The summed E-state index contributed by atoms with van der Waals surface area (Å²) in [5.41, 5.74) is 6.76. The van der Waals surface area contributed by atoms with Crippen LogP contribution in [-0.4, -0.2) is 34.8 Å². The van der Waals surface area contributed by atoms with Crippen LogP contribution < -0.4 is 10.6 Å². The summed E-state index contributed by atoms with van der Waals surface area (Å²) in [5.74, 6) is 2.06. The summed E-state index contributed by atoms with van der Waals surface area (Å²) in [5, 5.41) is 9.01. The van der Waals surface area contributed by atoms with Gasteiger partial charge in [-0.1, -0.05) is 0 Å². The minimum atomic E-state index is 0.267. The highest BCUT2D eigenvalue weighted by Crippen LogP contribution is 2.26. The number of nitrogens with two attached hydrogens (primary N) is 1. The number of aliphatic hydroxyl groups is 1. The molecule has 1 aliphatic heterocycles. The predicted octanol–water partition coefficient (Wildman–Crippen LogP) is 0.966. The minimum Gasteiger partial charge on any atom is -0.396 e. The summed E-state index contributed by atoms with van der Waals surface area (Å²) in [6, 6.07) is 0. The van der Waals surface area contributed by atoms with Crippen LogP contribution in [0, 0.1) is 12.8 Å². The molecule has 2 heterocycles. The molecule has 3 N–H and O–H groups in total. The van der Waals surface area contributed by atoms with Crippen LogP contribution in [0.2, 0.25) is 0 Å². The van der Waals surface area contributed by atoms with E-state index in [-0.39, 0.29) is 6.61 Å². The molecular weight excluding hydrogens is 216 g/mol. The second kappa shape index (κ2) is 5.31. The van der Waals surface area contributed by atoms with Crippen LogP contribution >= 0.6 is 0 Å². The molecule has 1 aliphatic rings. The summed E-state index contributed by atoms with van der Waals surface area (Å²) in [6.07, 6.45) is 4.73. The molecule has 0 radical (unpaired) electrons. The second-order valence-electron chi connectivity index (χ2n) is 4.67. The minimum absolute atomic E-state index is 0.267. The smallest absolute Gasteiger partial charge is 0.137 e. The topological polar surface area (TPSA) is 75.3 Å². The third-order valence-corrected chi connectivity index (χ3v) is 3.45. The zero-order chi connectivity index (χ0) is 12.3. The Morgan fingerprint density at radius 3 is 3.12 bits per heavy atom. The first-order valence-corrected chi connectivity index (χ1v) is 6.15. The lowest BCUT2D eigenvalue weighted by molar-refractivity contribution is 0.244. The van der Waals surface area contributed by atoms with Gasteiger partial charge in [-0.2, -0.15) is 0 Å². The molecule has 2 rings (SSSR count). The van der Waals surface area contributed by atoms with E-state index in [9.17, 15) is 0 Å². The van der Waals surface area contributed by atoms with Gasteiger partial charge in [0.05, 0.1) is 0 Å². The molecule has 0 amide bonds. The van der Waals surface area contributed by atoms with Crippen molar-refractivity contribution < 1.29 is 5.11 Å². The molecule has 1 unspecified atom stereocenters. The van der Waals surface area contributed by atoms with Crippen molar-refractivity contribution in [2.75, 3.05) is 30.3 Å². The summed E-state index contributed by atoms with van der Waals surface area (Å²) >= 11 is 0. The molecule has 5 heteroatoms. The summed E-state index contributed by atoms with van der Waals surface area (Å²) in [4.78, 5) is 10.6. The van der Waals surface area contributed by atoms with Crippen LogP contribution in [0.15, 0.2) is 6.33 Å². The van der Waals surface area contributed by atoms with Crippen molar-refractivity contribution in [1.82, 2.24) is 9.97 Å². The van der Waals surface area contributed by atoms with Gasteiger partial charge in [-0.25, -0.2) is 9.97 Å². The van der Waals surface area contributed by atoms with Gasteiger partial charge < -0.3 is 15.7 Å². The number of anilines is 2. The lowest BCUT2D eigenvalue weighted by Crippen LogP contribution is -2.36. The molecule has 0 bridgehead atoms. The van der Waals surface area contributed by atoms with E-state index in [2.05, 4.69) is 14.9 Å². The van der Waals surface area contributed by atoms with Gasteiger partial charge in [-0.05, 0) is 32.1 Å². The van der Waals surface area contributed by atoms with Gasteiger partial charge >= 0.3 is 0 Å². The number of aromatic nitrogens is 2. The van der Waals surface area contributed by atoms with Gasteiger partial charge in [0.25, 0.3) is 0 Å². The molecule has 1 aromatic heterocycles. The molecule has 1 fully saturated rings. The molecule has 94 valence electrons. The Morgan fingerprint density at radius 2 is 2.35 bits per heavy atom. The van der Waals surface area contributed by atoms with E-state index >= 15 is 0 Å². The number of nitrogens with zero attached hydrogens (tertiary/aromatic N) is 3. The van der Waals surface area contributed by atoms with Crippen LogP contribution in [0.1, 0.15) is 24.8 Å². The Labute approximate surface area is 102 Å². The van der Waals surface area contributed by atoms with E-state index in [0.717, 1.165) is 37.3 Å². The lowest BCUT2D eigenvalue weighted by atomic mass is 9.95. The average Bonchev–Trinajstić information content (AvgIpc) is 2.33. The average molecular weight is 236 g/mol. The Bertz CT molecular complexity index is 381.